The predicted octanol–water partition coefficient (Wildman–Crippen LogP) is 5.53. The predicted molar refractivity (Wildman–Crippen MR) is 142 cm³/mol. The maximum Gasteiger partial charge on any atom is 0.330 e. The van der Waals surface area contributed by atoms with Gasteiger partial charge in [0.15, 0.2) is 0 Å². The van der Waals surface area contributed by atoms with E-state index in [-0.39, 0.29) is 18.2 Å². The molecule has 2 aromatic rings. The van der Waals surface area contributed by atoms with Gasteiger partial charge >= 0.3 is 5.97 Å². The molecule has 6 heteroatoms. The summed E-state index contributed by atoms with van der Waals surface area (Å²) in [7, 11) is 0. The standard InChI is InChI=1S/C29H38ClNO4/c1-5-34-27(33)14-13-22-11-8-12-26(30)28(22)20(2)35-19-25(32)18-31-29(3,4)17-21-15-23-9-6-7-10-24(23)16-21/h6-14,20-21,25,31-32H,5,15-19H2,1-4H3/t20?,25-/m1/s1. The van der Waals surface area contributed by atoms with Gasteiger partial charge in [0.2, 0.25) is 0 Å². The van der Waals surface area contributed by atoms with Crippen molar-refractivity contribution < 1.29 is 19.4 Å². The summed E-state index contributed by atoms with van der Waals surface area (Å²) in [5, 5.41) is 14.7. The zero-order chi connectivity index (χ0) is 25.4. The molecule has 2 N–H and O–H groups in total. The Hall–Kier alpha value is -2.18. The summed E-state index contributed by atoms with van der Waals surface area (Å²) in [5.74, 6) is 0.210. The molecule has 0 heterocycles. The molecule has 1 aliphatic carbocycles. The van der Waals surface area contributed by atoms with Crippen LogP contribution < -0.4 is 5.32 Å². The molecule has 0 radical (unpaired) electrons. The van der Waals surface area contributed by atoms with Crippen LogP contribution in [-0.2, 0) is 27.1 Å². The molecule has 2 atom stereocenters. The van der Waals surface area contributed by atoms with Gasteiger partial charge in [-0.05, 0) is 81.7 Å². The van der Waals surface area contributed by atoms with Crippen LogP contribution in [0.1, 0.15) is 62.5 Å². The summed E-state index contributed by atoms with van der Waals surface area (Å²) in [6, 6.07) is 14.2. The van der Waals surface area contributed by atoms with Gasteiger partial charge in [0.05, 0.1) is 25.4 Å². The van der Waals surface area contributed by atoms with Gasteiger partial charge in [-0.3, -0.25) is 0 Å². The Kier molecular flexibility index (Phi) is 9.93. The number of halogens is 1. The largest absolute Gasteiger partial charge is 0.463 e. The Morgan fingerprint density at radius 1 is 1.20 bits per heavy atom. The highest BCUT2D eigenvalue weighted by molar-refractivity contribution is 6.31. The number of aliphatic hydroxyl groups is 1. The van der Waals surface area contributed by atoms with E-state index in [0.29, 0.717) is 24.1 Å². The van der Waals surface area contributed by atoms with Gasteiger partial charge in [-0.1, -0.05) is 48.0 Å². The smallest absolute Gasteiger partial charge is 0.330 e. The van der Waals surface area contributed by atoms with Crippen molar-refractivity contribution >= 4 is 23.6 Å². The van der Waals surface area contributed by atoms with E-state index in [0.717, 1.165) is 30.4 Å². The Morgan fingerprint density at radius 3 is 2.54 bits per heavy atom. The molecular weight excluding hydrogens is 462 g/mol. The van der Waals surface area contributed by atoms with Gasteiger partial charge in [0.1, 0.15) is 0 Å². The summed E-state index contributed by atoms with van der Waals surface area (Å²) in [6.07, 6.45) is 5.34. The zero-order valence-corrected chi connectivity index (χ0v) is 22.0. The molecule has 0 fully saturated rings. The molecule has 0 aliphatic heterocycles. The summed E-state index contributed by atoms with van der Waals surface area (Å²) in [5.41, 5.74) is 4.39. The molecule has 0 amide bonds. The van der Waals surface area contributed by atoms with E-state index in [1.165, 1.54) is 17.2 Å². The topological polar surface area (TPSA) is 67.8 Å². The molecule has 3 rings (SSSR count). The van der Waals surface area contributed by atoms with Crippen molar-refractivity contribution in [3.8, 4) is 0 Å². The van der Waals surface area contributed by atoms with Crippen molar-refractivity contribution in [1.29, 1.82) is 0 Å². The van der Waals surface area contributed by atoms with E-state index in [1.54, 1.807) is 19.1 Å². The number of nitrogens with one attached hydrogen (secondary N) is 1. The monoisotopic (exact) mass is 499 g/mol. The molecule has 2 aromatic carbocycles. The van der Waals surface area contributed by atoms with Gasteiger partial charge in [-0.2, -0.15) is 0 Å². The highest BCUT2D eigenvalue weighted by Gasteiger charge is 2.28. The van der Waals surface area contributed by atoms with Crippen molar-refractivity contribution in [2.75, 3.05) is 19.8 Å². The van der Waals surface area contributed by atoms with Crippen LogP contribution in [0.5, 0.6) is 0 Å². The molecule has 5 nitrogen and oxygen atoms in total. The third-order valence-electron chi connectivity index (χ3n) is 6.47. The Labute approximate surface area is 214 Å². The van der Waals surface area contributed by atoms with Crippen molar-refractivity contribution in [3.63, 3.8) is 0 Å². The number of benzene rings is 2. The van der Waals surface area contributed by atoms with Crippen molar-refractivity contribution in [2.45, 2.75) is 64.7 Å². The fourth-order valence-electron chi connectivity index (χ4n) is 4.86. The van der Waals surface area contributed by atoms with Gasteiger partial charge in [0, 0.05) is 28.7 Å². The molecule has 0 aromatic heterocycles. The van der Waals surface area contributed by atoms with Crippen LogP contribution in [0, 0.1) is 5.92 Å². The maximum atomic E-state index is 11.7. The first-order valence-corrected chi connectivity index (χ1v) is 12.8. The number of ether oxygens (including phenoxy) is 2. The van der Waals surface area contributed by atoms with Crippen LogP contribution in [0.3, 0.4) is 0 Å². The number of hydrogen-bond acceptors (Lipinski definition) is 5. The molecule has 0 saturated carbocycles. The van der Waals surface area contributed by atoms with Crippen LogP contribution in [0.25, 0.3) is 6.08 Å². The van der Waals surface area contributed by atoms with E-state index in [1.807, 2.05) is 19.1 Å². The highest BCUT2D eigenvalue weighted by Crippen LogP contribution is 2.32. The van der Waals surface area contributed by atoms with E-state index in [4.69, 9.17) is 21.1 Å². The third-order valence-corrected chi connectivity index (χ3v) is 6.80. The normalized spacial score (nSPS) is 15.8. The number of esters is 1. The molecule has 0 bridgehead atoms. The average Bonchev–Trinajstić information content (AvgIpc) is 3.21. The lowest BCUT2D eigenvalue weighted by Crippen LogP contribution is -2.45. The molecule has 0 spiro atoms. The summed E-state index contributed by atoms with van der Waals surface area (Å²) >= 11 is 6.45. The second kappa shape index (κ2) is 12.7. The highest BCUT2D eigenvalue weighted by atomic mass is 35.5. The third kappa shape index (κ3) is 8.18. The number of β-amino-alcohol motifs (C(OH)–C–C–N with tert-alkyl or cyclic N) is 1. The van der Waals surface area contributed by atoms with Gasteiger partial charge < -0.3 is 19.9 Å². The van der Waals surface area contributed by atoms with Gasteiger partial charge in [0.25, 0.3) is 0 Å². The molecule has 0 saturated heterocycles. The summed E-state index contributed by atoms with van der Waals surface area (Å²) in [4.78, 5) is 11.7. The number of carbonyl (C=O) groups is 1. The Balaban J connectivity index is 1.49. The average molecular weight is 500 g/mol. The lowest BCUT2D eigenvalue weighted by Gasteiger charge is -2.31. The van der Waals surface area contributed by atoms with Gasteiger partial charge in [-0.15, -0.1) is 0 Å². The molecule has 1 aliphatic rings. The van der Waals surface area contributed by atoms with E-state index >= 15 is 0 Å². The second-order valence-corrected chi connectivity index (χ2v) is 10.4. The second-order valence-electron chi connectivity index (χ2n) is 9.97. The molecular formula is C29H38ClNO4. The van der Waals surface area contributed by atoms with Crippen molar-refractivity contribution in [3.05, 3.63) is 75.8 Å². The quantitative estimate of drug-likeness (QED) is 0.297. The number of rotatable bonds is 12. The first-order chi connectivity index (χ1) is 16.7. The molecule has 1 unspecified atom stereocenters. The maximum absolute atomic E-state index is 11.7. The first kappa shape index (κ1) is 27.4. The fraction of sp³-hybridized carbons (Fsp3) is 0.483. The summed E-state index contributed by atoms with van der Waals surface area (Å²) < 4.78 is 10.9. The molecule has 190 valence electrons. The van der Waals surface area contributed by atoms with E-state index < -0.39 is 12.1 Å². The summed E-state index contributed by atoms with van der Waals surface area (Å²) in [6.45, 7) is 8.98. The minimum Gasteiger partial charge on any atom is -0.463 e. The number of aliphatic hydroxyl groups excluding tert-OH is 1. The van der Waals surface area contributed by atoms with E-state index in [2.05, 4.69) is 43.4 Å². The van der Waals surface area contributed by atoms with Crippen LogP contribution in [0.15, 0.2) is 48.5 Å². The number of carbonyl (C=O) groups excluding carboxylic acids is 1. The minimum absolute atomic E-state index is 0.0902. The fourth-order valence-corrected chi connectivity index (χ4v) is 5.19. The van der Waals surface area contributed by atoms with Crippen LogP contribution in [-0.4, -0.2) is 42.5 Å². The van der Waals surface area contributed by atoms with Crippen LogP contribution in [0.2, 0.25) is 5.02 Å². The molecule has 35 heavy (non-hydrogen) atoms. The Morgan fingerprint density at radius 2 is 1.89 bits per heavy atom. The number of hydrogen-bond donors (Lipinski definition) is 2. The lowest BCUT2D eigenvalue weighted by molar-refractivity contribution is -0.137. The van der Waals surface area contributed by atoms with Crippen LogP contribution in [0.4, 0.5) is 0 Å². The van der Waals surface area contributed by atoms with Crippen LogP contribution >= 0.6 is 11.6 Å². The first-order valence-electron chi connectivity index (χ1n) is 12.4. The van der Waals surface area contributed by atoms with Gasteiger partial charge in [-0.25, -0.2) is 4.79 Å². The zero-order valence-electron chi connectivity index (χ0n) is 21.2. The Bertz CT molecular complexity index is 994. The van der Waals surface area contributed by atoms with E-state index in [9.17, 15) is 9.90 Å². The minimum atomic E-state index is -0.654. The number of fused-ring (bicyclic) bond motifs is 1. The van der Waals surface area contributed by atoms with Crippen molar-refractivity contribution in [2.24, 2.45) is 5.92 Å². The van der Waals surface area contributed by atoms with Crippen molar-refractivity contribution in [1.82, 2.24) is 5.32 Å². The lowest BCUT2D eigenvalue weighted by atomic mass is 9.88. The SMILES string of the molecule is CCOC(=O)C=Cc1cccc(Cl)c1C(C)OC[C@H](O)CNC(C)(C)CC1Cc2ccccc2C1.